The lowest BCUT2D eigenvalue weighted by Crippen LogP contribution is -2.40. The van der Waals surface area contributed by atoms with Gasteiger partial charge in [-0.05, 0) is 43.0 Å². The van der Waals surface area contributed by atoms with Crippen LogP contribution in [0.1, 0.15) is 41.6 Å². The monoisotopic (exact) mass is 350 g/mol. The Bertz CT molecular complexity index is 852. The van der Waals surface area contributed by atoms with Crippen LogP contribution in [-0.4, -0.2) is 28.4 Å². The molecule has 1 amide bonds. The SMILES string of the molecule is O=C(c1ccc2ncsc2c1)N(CCc1ccccc1)C1CCCC1. The van der Waals surface area contributed by atoms with E-state index in [1.807, 2.05) is 29.8 Å². The van der Waals surface area contributed by atoms with Gasteiger partial charge in [-0.15, -0.1) is 11.3 Å². The van der Waals surface area contributed by atoms with E-state index >= 15 is 0 Å². The van der Waals surface area contributed by atoms with Gasteiger partial charge in [0.15, 0.2) is 0 Å². The number of carbonyl (C=O) groups excluding carboxylic acids is 1. The van der Waals surface area contributed by atoms with E-state index in [1.165, 1.54) is 18.4 Å². The van der Waals surface area contributed by atoms with Crippen molar-refractivity contribution in [2.75, 3.05) is 6.54 Å². The second-order valence-electron chi connectivity index (χ2n) is 6.71. The molecule has 0 saturated heterocycles. The highest BCUT2D eigenvalue weighted by molar-refractivity contribution is 7.16. The molecule has 25 heavy (non-hydrogen) atoms. The van der Waals surface area contributed by atoms with Crippen LogP contribution in [0.2, 0.25) is 0 Å². The maximum atomic E-state index is 13.2. The molecule has 1 saturated carbocycles. The molecule has 1 fully saturated rings. The minimum Gasteiger partial charge on any atom is -0.335 e. The van der Waals surface area contributed by atoms with E-state index in [9.17, 15) is 4.79 Å². The van der Waals surface area contributed by atoms with Crippen LogP contribution >= 0.6 is 11.3 Å². The largest absolute Gasteiger partial charge is 0.335 e. The highest BCUT2D eigenvalue weighted by Crippen LogP contribution is 2.26. The topological polar surface area (TPSA) is 33.2 Å². The lowest BCUT2D eigenvalue weighted by Gasteiger charge is -2.29. The van der Waals surface area contributed by atoms with Crippen molar-refractivity contribution in [3.63, 3.8) is 0 Å². The van der Waals surface area contributed by atoms with Gasteiger partial charge in [0.2, 0.25) is 0 Å². The number of aromatic nitrogens is 1. The van der Waals surface area contributed by atoms with E-state index in [2.05, 4.69) is 34.1 Å². The zero-order valence-corrected chi connectivity index (χ0v) is 15.0. The molecule has 1 aliphatic rings. The average molecular weight is 350 g/mol. The molecule has 4 rings (SSSR count). The lowest BCUT2D eigenvalue weighted by molar-refractivity contribution is 0.0684. The van der Waals surface area contributed by atoms with Crippen molar-refractivity contribution in [1.82, 2.24) is 9.88 Å². The molecule has 0 radical (unpaired) electrons. The van der Waals surface area contributed by atoms with Gasteiger partial charge in [0.05, 0.1) is 15.7 Å². The van der Waals surface area contributed by atoms with Crippen molar-refractivity contribution in [2.24, 2.45) is 0 Å². The van der Waals surface area contributed by atoms with Gasteiger partial charge in [0.1, 0.15) is 0 Å². The molecule has 0 unspecified atom stereocenters. The van der Waals surface area contributed by atoms with Gasteiger partial charge in [-0.3, -0.25) is 4.79 Å². The van der Waals surface area contributed by atoms with Gasteiger partial charge in [-0.2, -0.15) is 0 Å². The van der Waals surface area contributed by atoms with Crippen LogP contribution < -0.4 is 0 Å². The summed E-state index contributed by atoms with van der Waals surface area (Å²) in [4.78, 5) is 19.7. The van der Waals surface area contributed by atoms with Crippen molar-refractivity contribution in [3.05, 3.63) is 65.2 Å². The van der Waals surface area contributed by atoms with Crippen LogP contribution in [0.25, 0.3) is 10.2 Å². The lowest BCUT2D eigenvalue weighted by atomic mass is 10.1. The normalized spacial score (nSPS) is 14.9. The molecule has 2 aromatic carbocycles. The fraction of sp³-hybridized carbons (Fsp3) is 0.333. The third-order valence-electron chi connectivity index (χ3n) is 5.09. The van der Waals surface area contributed by atoms with Gasteiger partial charge in [0.25, 0.3) is 5.91 Å². The molecule has 1 heterocycles. The molecule has 0 bridgehead atoms. The summed E-state index contributed by atoms with van der Waals surface area (Å²) in [5.41, 5.74) is 4.88. The first-order valence-electron chi connectivity index (χ1n) is 8.99. The van der Waals surface area contributed by atoms with E-state index in [0.29, 0.717) is 6.04 Å². The summed E-state index contributed by atoms with van der Waals surface area (Å²) in [6.07, 6.45) is 5.62. The predicted octanol–water partition coefficient (Wildman–Crippen LogP) is 4.92. The van der Waals surface area contributed by atoms with E-state index in [4.69, 9.17) is 0 Å². The third-order valence-corrected chi connectivity index (χ3v) is 5.88. The average Bonchev–Trinajstić information content (AvgIpc) is 3.34. The summed E-state index contributed by atoms with van der Waals surface area (Å²) >= 11 is 1.59. The Morgan fingerprint density at radius 1 is 1.12 bits per heavy atom. The Kier molecular flexibility index (Phi) is 4.79. The number of rotatable bonds is 5. The molecular weight excluding hydrogens is 328 g/mol. The number of hydrogen-bond donors (Lipinski definition) is 0. The fourth-order valence-corrected chi connectivity index (χ4v) is 4.43. The standard InChI is InChI=1S/C21H22N2OS/c24-21(17-10-11-19-20(14-17)25-15-22-19)23(18-8-4-5-9-18)13-12-16-6-2-1-3-7-16/h1-3,6-7,10-11,14-15,18H,4-5,8-9,12-13H2. The summed E-state index contributed by atoms with van der Waals surface area (Å²) in [7, 11) is 0. The summed E-state index contributed by atoms with van der Waals surface area (Å²) < 4.78 is 1.08. The van der Waals surface area contributed by atoms with Crippen LogP contribution in [0.5, 0.6) is 0 Å². The van der Waals surface area contributed by atoms with Crippen LogP contribution in [0, 0.1) is 0 Å². The van der Waals surface area contributed by atoms with Crippen LogP contribution in [0.4, 0.5) is 0 Å². The van der Waals surface area contributed by atoms with E-state index in [1.54, 1.807) is 11.3 Å². The predicted molar refractivity (Wildman–Crippen MR) is 103 cm³/mol. The first-order chi connectivity index (χ1) is 12.3. The zero-order chi connectivity index (χ0) is 17.1. The zero-order valence-electron chi connectivity index (χ0n) is 14.2. The van der Waals surface area contributed by atoms with Gasteiger partial charge >= 0.3 is 0 Å². The first-order valence-corrected chi connectivity index (χ1v) is 9.87. The molecule has 4 heteroatoms. The maximum absolute atomic E-state index is 13.2. The Labute approximate surface area is 152 Å². The summed E-state index contributed by atoms with van der Waals surface area (Å²) in [5.74, 6) is 0.165. The van der Waals surface area contributed by atoms with Crippen molar-refractivity contribution in [2.45, 2.75) is 38.1 Å². The molecular formula is C21H22N2OS. The smallest absolute Gasteiger partial charge is 0.254 e. The van der Waals surface area contributed by atoms with E-state index in [0.717, 1.165) is 41.6 Å². The van der Waals surface area contributed by atoms with Gasteiger partial charge in [0, 0.05) is 18.2 Å². The van der Waals surface area contributed by atoms with Crippen molar-refractivity contribution < 1.29 is 4.79 Å². The maximum Gasteiger partial charge on any atom is 0.254 e. The van der Waals surface area contributed by atoms with Crippen molar-refractivity contribution in [3.8, 4) is 0 Å². The molecule has 3 aromatic rings. The Hall–Kier alpha value is -2.20. The van der Waals surface area contributed by atoms with E-state index < -0.39 is 0 Å². The van der Waals surface area contributed by atoms with Crippen molar-refractivity contribution >= 4 is 27.5 Å². The number of benzene rings is 2. The minimum absolute atomic E-state index is 0.165. The highest BCUT2D eigenvalue weighted by atomic mass is 32.1. The molecule has 0 N–H and O–H groups in total. The molecule has 0 aliphatic heterocycles. The molecule has 0 atom stereocenters. The third kappa shape index (κ3) is 3.59. The van der Waals surface area contributed by atoms with Gasteiger partial charge in [-0.25, -0.2) is 4.98 Å². The second-order valence-corrected chi connectivity index (χ2v) is 7.59. The van der Waals surface area contributed by atoms with Gasteiger partial charge in [-0.1, -0.05) is 43.2 Å². The van der Waals surface area contributed by atoms with Crippen LogP contribution in [0.3, 0.4) is 0 Å². The second kappa shape index (κ2) is 7.36. The number of carbonyl (C=O) groups is 1. The fourth-order valence-electron chi connectivity index (χ4n) is 3.71. The number of hydrogen-bond acceptors (Lipinski definition) is 3. The van der Waals surface area contributed by atoms with Crippen LogP contribution in [-0.2, 0) is 6.42 Å². The minimum atomic E-state index is 0.165. The molecule has 1 aromatic heterocycles. The molecule has 128 valence electrons. The summed E-state index contributed by atoms with van der Waals surface area (Å²) in [6.45, 7) is 0.786. The van der Waals surface area contributed by atoms with E-state index in [-0.39, 0.29) is 5.91 Å². The van der Waals surface area contributed by atoms with Crippen LogP contribution in [0.15, 0.2) is 54.0 Å². The Morgan fingerprint density at radius 2 is 1.92 bits per heavy atom. The van der Waals surface area contributed by atoms with Crippen molar-refractivity contribution in [1.29, 1.82) is 0 Å². The first kappa shape index (κ1) is 16.3. The molecule has 3 nitrogen and oxygen atoms in total. The molecule has 0 spiro atoms. The number of amides is 1. The summed E-state index contributed by atoms with van der Waals surface area (Å²) in [5, 5.41) is 0. The quantitative estimate of drug-likeness (QED) is 0.654. The number of nitrogens with zero attached hydrogens (tertiary/aromatic N) is 2. The highest BCUT2D eigenvalue weighted by Gasteiger charge is 2.27. The molecule has 1 aliphatic carbocycles. The number of thiazole rings is 1. The Balaban J connectivity index is 1.56. The summed E-state index contributed by atoms with van der Waals surface area (Å²) in [6, 6.07) is 16.7. The van der Waals surface area contributed by atoms with Gasteiger partial charge < -0.3 is 4.90 Å². The number of fused-ring (bicyclic) bond motifs is 1. The Morgan fingerprint density at radius 3 is 2.72 bits per heavy atom.